The van der Waals surface area contributed by atoms with Gasteiger partial charge in [0.1, 0.15) is 63.1 Å². The molecule has 667 valence electrons. The summed E-state index contributed by atoms with van der Waals surface area (Å²) in [6, 6.07) is 18.4. The molecule has 10 atom stereocenters. The summed E-state index contributed by atoms with van der Waals surface area (Å²) >= 11 is 0. The molecule has 11 N–H and O–H groups in total. The van der Waals surface area contributed by atoms with E-state index in [0.29, 0.717) is 33.9 Å². The minimum atomic E-state index is -0.177. The van der Waals surface area contributed by atoms with Crippen molar-refractivity contribution in [3.8, 4) is 57.5 Å². The van der Waals surface area contributed by atoms with Gasteiger partial charge in [-0.05, 0) is 301 Å². The van der Waals surface area contributed by atoms with Crippen molar-refractivity contribution in [2.45, 2.75) is 328 Å². The predicted molar refractivity (Wildman–Crippen MR) is 511 cm³/mol. The number of fused-ring (bicyclic) bond motifs is 3. The second kappa shape index (κ2) is 54.9. The number of benzene rings is 5. The Morgan fingerprint density at radius 2 is 0.661 bits per heavy atom. The van der Waals surface area contributed by atoms with Crippen molar-refractivity contribution >= 4 is 15.7 Å². The summed E-state index contributed by atoms with van der Waals surface area (Å²) in [6.45, 7) is 46.7. The zero-order valence-electron chi connectivity index (χ0n) is 78.3. The van der Waals surface area contributed by atoms with Crippen LogP contribution in [0, 0.1) is 36.4 Å². The van der Waals surface area contributed by atoms with Gasteiger partial charge in [-0.25, -0.2) is 1.37 Å². The third-order valence-electron chi connectivity index (χ3n) is 24.6. The number of hydrogen-bond donors (Lipinski definition) is 11. The summed E-state index contributed by atoms with van der Waals surface area (Å²) in [7, 11) is 10.2. The molecule has 0 bridgehead atoms. The van der Waals surface area contributed by atoms with Crippen molar-refractivity contribution < 1.29 is 83.6 Å². The average molecular weight is 1700 g/mol. The molecule has 1 aliphatic heterocycles. The molecule has 121 heavy (non-hydrogen) atoms. The largest absolute Gasteiger partial charge is 0.507 e. The summed E-state index contributed by atoms with van der Waals surface area (Å²) in [5, 5.41) is 113. The average Bonchev–Trinajstić information content (AvgIpc) is 0.741. The Morgan fingerprint density at radius 1 is 0.421 bits per heavy atom. The van der Waals surface area contributed by atoms with Crippen LogP contribution in [-0.4, -0.2) is 90.7 Å². The van der Waals surface area contributed by atoms with E-state index in [1.165, 1.54) is 61.8 Å². The summed E-state index contributed by atoms with van der Waals surface area (Å²) in [6.07, 6.45) is 37.4. The van der Waals surface area contributed by atoms with Gasteiger partial charge in [-0.1, -0.05) is 211 Å². The Kier molecular flexibility index (Phi) is 48.0. The summed E-state index contributed by atoms with van der Waals surface area (Å²) in [5.74, 6) is 4.13. The van der Waals surface area contributed by atoms with Crippen LogP contribution in [0.3, 0.4) is 0 Å². The molecule has 5 aliphatic carbocycles. The van der Waals surface area contributed by atoms with Gasteiger partial charge in [-0.2, -0.15) is 7.85 Å². The van der Waals surface area contributed by atoms with Gasteiger partial charge in [0, 0.05) is 84.6 Å². The Labute approximate surface area is 753 Å². The fraction of sp³-hybridized carbons (Fsp3) is 0.538. The van der Waals surface area contributed by atoms with E-state index in [4.69, 9.17) is 8.85 Å². The van der Waals surface area contributed by atoms with E-state index in [9.17, 15) is 56.2 Å². The first-order valence-electron chi connectivity index (χ1n) is 45.7. The molecule has 0 fully saturated rings. The molecule has 0 spiro atoms. The van der Waals surface area contributed by atoms with Crippen LogP contribution in [0.4, 0.5) is 0 Å². The van der Waals surface area contributed by atoms with Gasteiger partial charge in [0.05, 0.1) is 21.1 Å². The minimum Gasteiger partial charge on any atom is -0.507 e. The first-order chi connectivity index (χ1) is 57.6. The molecule has 5 radical (unpaired) electrons. The molecule has 0 saturated carbocycles. The second-order valence-electron chi connectivity index (χ2n) is 34.5. The first-order valence-corrected chi connectivity index (χ1v) is 43.5. The van der Waals surface area contributed by atoms with E-state index < -0.39 is 0 Å². The Bertz CT molecular complexity index is 4210. The third kappa shape index (κ3) is 31.2. The number of phenols is 9. The molecule has 0 aromatic heterocycles. The van der Waals surface area contributed by atoms with Crippen molar-refractivity contribution in [2.75, 3.05) is 13.2 Å². The van der Waals surface area contributed by atoms with Crippen molar-refractivity contribution in [2.24, 2.45) is 29.6 Å². The van der Waals surface area contributed by atoms with Crippen LogP contribution < -0.4 is 4.74 Å². The first kappa shape index (κ1) is 106. The third-order valence-corrected chi connectivity index (χ3v) is 24.6. The van der Waals surface area contributed by atoms with Crippen LogP contribution in [0.25, 0.3) is 0 Å². The zero-order chi connectivity index (χ0) is 90.5. The zero-order valence-corrected chi connectivity index (χ0v) is 76.7. The van der Waals surface area contributed by atoms with Crippen LogP contribution in [0.1, 0.15) is 343 Å². The number of aromatic hydroxyl groups is 9. The molecule has 0 unspecified atom stereocenters. The van der Waals surface area contributed by atoms with E-state index in [-0.39, 0.29) is 158 Å². The number of rotatable bonds is 26. The number of phenolic OH excluding ortho intramolecular Hbond substituents is 9. The van der Waals surface area contributed by atoms with Gasteiger partial charge >= 0.3 is 0 Å². The molecule has 15 heteroatoms. The number of aliphatic hydroxyl groups excluding tert-OH is 2. The van der Waals surface area contributed by atoms with Crippen molar-refractivity contribution in [1.82, 2.24) is 0 Å². The van der Waals surface area contributed by atoms with Gasteiger partial charge in [0.15, 0.2) is 0 Å². The molecule has 0 amide bonds. The smallest absolute Gasteiger partial charge is 0.127 e. The van der Waals surface area contributed by atoms with Gasteiger partial charge in [-0.3, -0.25) is 0 Å². The monoisotopic (exact) mass is 1700 g/mol. The molecule has 5 aromatic carbocycles. The van der Waals surface area contributed by atoms with Crippen LogP contribution in [0.5, 0.6) is 57.5 Å². The SMILES string of the molecule is C.C.C=C(C)[C@@H]1CCC(C)=C[C@H]1c1c(O)cc(CCC)cc1O.C=C(C)[C@@H]1CCC(C)=C[C@H]1c1c(O)cc(CCCCC)cc1O.C=C(C)[C@@H]1CCC(CO)=C[C@H]1c1c(O)cc(CCC)cc1O.C=C(C)[C@@H]1CCC(CO)=C[C@H]1c1c(O)cc(CCCCC)cc1O.CCCCCc1cc(O)c2c(c1)OC(C)(C)[C@@H]1CCC(C)=C[C@@H]21.[2H]C[B].[2H][CH-][B].[3H]C.[V]. The maximum Gasteiger partial charge on any atom is 0.127 e. The molecule has 12 nitrogen and oxygen atoms in total. The maximum atomic E-state index is 10.7. The van der Waals surface area contributed by atoms with Crippen LogP contribution in [0.15, 0.2) is 168 Å². The molecule has 6 aliphatic rings. The fourth-order valence-electron chi connectivity index (χ4n) is 18.4. The number of aryl methyl sites for hydroxylation is 5. The number of hydrogen-bond acceptors (Lipinski definition) is 12. The van der Waals surface area contributed by atoms with E-state index in [1.54, 1.807) is 36.4 Å². The normalized spacial score (nSPS) is 21.0. The van der Waals surface area contributed by atoms with Gasteiger partial charge in [-0.15, -0.1) is 0 Å². The Balaban J connectivity index is 0.000000754. The number of allylic oxidation sites excluding steroid dienone is 12. The van der Waals surface area contributed by atoms with Gasteiger partial charge in [0.2, 0.25) is 0 Å². The molecule has 1 heterocycles. The summed E-state index contributed by atoms with van der Waals surface area (Å²) in [5.41, 5.74) is 18.7. The Hall–Kier alpha value is -7.61. The number of unbranched alkanes of at least 4 members (excludes halogenated alkanes) is 6. The fourth-order valence-corrected chi connectivity index (χ4v) is 18.4. The van der Waals surface area contributed by atoms with E-state index in [0.717, 1.165) is 209 Å². The van der Waals surface area contributed by atoms with Gasteiger partial charge in [0.25, 0.3) is 0 Å². The minimum absolute atomic E-state index is 0. The van der Waals surface area contributed by atoms with Crippen molar-refractivity contribution in [1.29, 1.82) is 0 Å². The molecular weight excluding hydrogens is 1540 g/mol. The maximum absolute atomic E-state index is 10.7. The van der Waals surface area contributed by atoms with Crippen LogP contribution in [-0.2, 0) is 50.7 Å². The predicted octanol–water partition coefficient (Wildman–Crippen LogP) is 27.6. The van der Waals surface area contributed by atoms with Crippen molar-refractivity contribution in [3.63, 3.8) is 0 Å². The quantitative estimate of drug-likeness (QED) is 0.0107. The Morgan fingerprint density at radius 3 is 0.926 bits per heavy atom. The summed E-state index contributed by atoms with van der Waals surface area (Å²) < 4.78 is 24.0. The second-order valence-corrected chi connectivity index (χ2v) is 34.5. The van der Waals surface area contributed by atoms with Crippen molar-refractivity contribution in [3.05, 3.63) is 230 Å². The van der Waals surface area contributed by atoms with Crippen LogP contribution >= 0.6 is 0 Å². The standard InChI is InChI=1S/C21H30O3.2C21H30O2.C19H26O3.C19H26O2.CH3B.CH2B.3CH4.V/c1-4-5-6-7-15-11-19(23)21(20(24)12-15)18-10-16(13-22)8-9-17(18)14(2)3;1-5-6-7-8-15-12-18(22)20-16-11-14(2)9-10-17(16)21(3,4)23-19(20)13-15;1-5-6-7-8-16-12-19(22)21(20(23)13-16)18-11-15(4)9-10-17(18)14(2)3;1-4-5-13-9-17(21)19(18(22)10-13)16-8-14(11-20)6-7-15(16)12(2)3;1-5-6-14-10-17(20)19(18(21)11-14)16-9-13(4)7-8-15(16)12(2)3;2*1-2;;;;/h10-12,17-18,22-24H,2,4-9,13H2,1,3H3;11-13,16-17,22H,5-10H2,1-4H3;11-13,17-18,22-23H,2,5-10H2,1,3-4H3;8-10,15-16,20-22H,2,4-7,11H2,1,3H3;9-11,15-16,20-21H,2,5-8H2,1,3-4H3;1H3;1H2;3*1H4;/q;;;;;;-1;;;;/t17-,18+;16-,17-;17-,18+;2*15-,16+;;;;;;/m01000....../s1/i;;;;;2*1D;1T;;;. The molecular formula is C106H159B2O12V-. The molecule has 5 aromatic rings. The van der Waals surface area contributed by atoms with E-state index >= 15 is 0 Å². The van der Waals surface area contributed by atoms with E-state index in [1.807, 2.05) is 58.0 Å². The topological polar surface area (TPSA) is 232 Å². The van der Waals surface area contributed by atoms with Crippen LogP contribution in [0.2, 0.25) is 6.80 Å². The van der Waals surface area contributed by atoms with E-state index in [2.05, 4.69) is 136 Å². The number of aliphatic hydroxyl groups is 2. The van der Waals surface area contributed by atoms with Gasteiger partial charge < -0.3 is 67.7 Å². The molecule has 0 saturated heterocycles. The molecule has 11 rings (SSSR count). The summed E-state index contributed by atoms with van der Waals surface area (Å²) in [4.78, 5) is 0. The number of ether oxygens (including phenoxy) is 1.